The van der Waals surface area contributed by atoms with Crippen LogP contribution in [0.5, 0.6) is 5.75 Å². The first-order chi connectivity index (χ1) is 8.63. The highest BCUT2D eigenvalue weighted by atomic mass is 16.5. The van der Waals surface area contributed by atoms with E-state index >= 15 is 0 Å². The molecule has 0 saturated heterocycles. The summed E-state index contributed by atoms with van der Waals surface area (Å²) in [5.74, 6) is 1.65. The van der Waals surface area contributed by atoms with Crippen LogP contribution in [-0.4, -0.2) is 7.11 Å². The maximum atomic E-state index is 6.46. The largest absolute Gasteiger partial charge is 0.496 e. The molecule has 2 rings (SSSR count). The summed E-state index contributed by atoms with van der Waals surface area (Å²) in [6.45, 7) is 4.20. The van der Waals surface area contributed by atoms with E-state index in [0.717, 1.165) is 5.75 Å². The minimum absolute atomic E-state index is 0.189. The fourth-order valence-electron chi connectivity index (χ4n) is 3.26. The second-order valence-corrected chi connectivity index (χ2v) is 5.61. The van der Waals surface area contributed by atoms with Crippen LogP contribution in [0, 0.1) is 19.8 Å². The molecule has 1 aromatic carbocycles. The van der Waals surface area contributed by atoms with Crippen LogP contribution in [0.25, 0.3) is 0 Å². The predicted octanol–water partition coefficient (Wildman–Crippen LogP) is 3.89. The van der Waals surface area contributed by atoms with Gasteiger partial charge in [0, 0.05) is 6.04 Å². The van der Waals surface area contributed by atoms with Gasteiger partial charge < -0.3 is 10.5 Å². The summed E-state index contributed by atoms with van der Waals surface area (Å²) in [5, 5.41) is 0. The SMILES string of the molecule is COc1c(C)cc([C@@H](N)C2CCCCC2)cc1C. The van der Waals surface area contributed by atoms with Crippen LogP contribution in [0.3, 0.4) is 0 Å². The monoisotopic (exact) mass is 247 g/mol. The van der Waals surface area contributed by atoms with Gasteiger partial charge in [0.1, 0.15) is 5.75 Å². The van der Waals surface area contributed by atoms with Crippen LogP contribution in [0.1, 0.15) is 54.8 Å². The fraction of sp³-hybridized carbons (Fsp3) is 0.625. The van der Waals surface area contributed by atoms with E-state index in [1.165, 1.54) is 48.8 Å². The smallest absolute Gasteiger partial charge is 0.124 e. The van der Waals surface area contributed by atoms with E-state index in [1.807, 2.05) is 0 Å². The van der Waals surface area contributed by atoms with Gasteiger partial charge in [-0.15, -0.1) is 0 Å². The summed E-state index contributed by atoms with van der Waals surface area (Å²) in [4.78, 5) is 0. The minimum atomic E-state index is 0.189. The normalized spacial score (nSPS) is 18.7. The molecule has 0 heterocycles. The molecule has 1 aromatic rings. The first-order valence-electron chi connectivity index (χ1n) is 7.04. The Labute approximate surface area is 111 Å². The number of methoxy groups -OCH3 is 1. The highest BCUT2D eigenvalue weighted by Crippen LogP contribution is 2.35. The molecule has 0 unspecified atom stereocenters. The molecule has 2 nitrogen and oxygen atoms in total. The van der Waals surface area contributed by atoms with Gasteiger partial charge in [-0.25, -0.2) is 0 Å². The third-order valence-electron chi connectivity index (χ3n) is 4.23. The van der Waals surface area contributed by atoms with Crippen molar-refractivity contribution in [3.8, 4) is 5.75 Å². The van der Waals surface area contributed by atoms with Crippen molar-refractivity contribution in [1.29, 1.82) is 0 Å². The number of aryl methyl sites for hydroxylation is 2. The van der Waals surface area contributed by atoms with Gasteiger partial charge in [0.25, 0.3) is 0 Å². The molecule has 1 fully saturated rings. The molecule has 1 atom stereocenters. The van der Waals surface area contributed by atoms with Gasteiger partial charge in [-0.2, -0.15) is 0 Å². The number of rotatable bonds is 3. The van der Waals surface area contributed by atoms with Crippen molar-refractivity contribution in [1.82, 2.24) is 0 Å². The zero-order valence-electron chi connectivity index (χ0n) is 11.8. The van der Waals surface area contributed by atoms with Gasteiger partial charge in [-0.1, -0.05) is 31.4 Å². The first-order valence-corrected chi connectivity index (χ1v) is 7.04. The lowest BCUT2D eigenvalue weighted by atomic mass is 9.81. The number of hydrogen-bond donors (Lipinski definition) is 1. The standard InChI is InChI=1S/C16H25NO/c1-11-9-14(10-12(2)16(11)18-3)15(17)13-7-5-4-6-8-13/h9-10,13,15H,4-8,17H2,1-3H3/t15-/m0/s1. The van der Waals surface area contributed by atoms with E-state index in [-0.39, 0.29) is 6.04 Å². The summed E-state index contributed by atoms with van der Waals surface area (Å²) in [6, 6.07) is 4.59. The van der Waals surface area contributed by atoms with Crippen molar-refractivity contribution in [2.24, 2.45) is 11.7 Å². The number of nitrogens with two attached hydrogens (primary N) is 1. The lowest BCUT2D eigenvalue weighted by molar-refractivity contribution is 0.308. The second kappa shape index (κ2) is 5.75. The topological polar surface area (TPSA) is 35.2 Å². The van der Waals surface area contributed by atoms with Gasteiger partial charge in [0.05, 0.1) is 7.11 Å². The fourth-order valence-corrected chi connectivity index (χ4v) is 3.26. The number of hydrogen-bond acceptors (Lipinski definition) is 2. The molecule has 18 heavy (non-hydrogen) atoms. The Bertz CT molecular complexity index is 385. The molecule has 0 radical (unpaired) electrons. The van der Waals surface area contributed by atoms with Crippen molar-refractivity contribution in [3.05, 3.63) is 28.8 Å². The molecule has 2 N–H and O–H groups in total. The summed E-state index contributed by atoms with van der Waals surface area (Å²) in [6.07, 6.45) is 6.62. The van der Waals surface area contributed by atoms with Crippen molar-refractivity contribution in [2.45, 2.75) is 52.0 Å². The zero-order valence-corrected chi connectivity index (χ0v) is 11.8. The third-order valence-corrected chi connectivity index (χ3v) is 4.23. The molecular formula is C16H25NO. The first kappa shape index (κ1) is 13.4. The summed E-state index contributed by atoms with van der Waals surface area (Å²) in [5.41, 5.74) is 10.1. The van der Waals surface area contributed by atoms with E-state index in [2.05, 4.69) is 26.0 Å². The van der Waals surface area contributed by atoms with Crippen molar-refractivity contribution in [3.63, 3.8) is 0 Å². The van der Waals surface area contributed by atoms with E-state index in [1.54, 1.807) is 7.11 Å². The van der Waals surface area contributed by atoms with Crippen LogP contribution >= 0.6 is 0 Å². The van der Waals surface area contributed by atoms with Gasteiger partial charge in [0.2, 0.25) is 0 Å². The average Bonchev–Trinajstić information content (AvgIpc) is 2.38. The Morgan fingerprint density at radius 2 is 1.67 bits per heavy atom. The van der Waals surface area contributed by atoms with Crippen molar-refractivity contribution < 1.29 is 4.74 Å². The Morgan fingerprint density at radius 1 is 1.11 bits per heavy atom. The Morgan fingerprint density at radius 3 is 2.17 bits per heavy atom. The quantitative estimate of drug-likeness (QED) is 0.879. The van der Waals surface area contributed by atoms with Gasteiger partial charge in [-0.3, -0.25) is 0 Å². The Kier molecular flexibility index (Phi) is 4.28. The summed E-state index contributed by atoms with van der Waals surface area (Å²) < 4.78 is 5.42. The second-order valence-electron chi connectivity index (χ2n) is 5.61. The Balaban J connectivity index is 2.22. The lowest BCUT2D eigenvalue weighted by Gasteiger charge is -2.28. The maximum Gasteiger partial charge on any atom is 0.124 e. The van der Waals surface area contributed by atoms with Crippen LogP contribution in [-0.2, 0) is 0 Å². The molecule has 1 saturated carbocycles. The molecule has 1 aliphatic rings. The van der Waals surface area contributed by atoms with Crippen LogP contribution in [0.15, 0.2) is 12.1 Å². The summed E-state index contributed by atoms with van der Waals surface area (Å²) in [7, 11) is 1.73. The van der Waals surface area contributed by atoms with Crippen molar-refractivity contribution >= 4 is 0 Å². The van der Waals surface area contributed by atoms with Gasteiger partial charge in [0.15, 0.2) is 0 Å². The zero-order chi connectivity index (χ0) is 13.1. The Hall–Kier alpha value is -1.02. The highest BCUT2D eigenvalue weighted by Gasteiger charge is 2.22. The molecule has 100 valence electrons. The molecule has 0 spiro atoms. The summed E-state index contributed by atoms with van der Waals surface area (Å²) >= 11 is 0. The van der Waals surface area contributed by atoms with Gasteiger partial charge in [-0.05, 0) is 49.3 Å². The molecule has 0 amide bonds. The molecule has 0 bridgehead atoms. The lowest BCUT2D eigenvalue weighted by Crippen LogP contribution is -2.23. The van der Waals surface area contributed by atoms with E-state index < -0.39 is 0 Å². The third kappa shape index (κ3) is 2.69. The molecule has 1 aliphatic carbocycles. The van der Waals surface area contributed by atoms with E-state index in [9.17, 15) is 0 Å². The number of ether oxygens (including phenoxy) is 1. The van der Waals surface area contributed by atoms with Crippen LogP contribution < -0.4 is 10.5 Å². The highest BCUT2D eigenvalue weighted by molar-refractivity contribution is 5.44. The van der Waals surface area contributed by atoms with Crippen molar-refractivity contribution in [2.75, 3.05) is 7.11 Å². The van der Waals surface area contributed by atoms with E-state index in [0.29, 0.717) is 5.92 Å². The molecule has 2 heteroatoms. The maximum absolute atomic E-state index is 6.46. The molecule has 0 aliphatic heterocycles. The minimum Gasteiger partial charge on any atom is -0.496 e. The van der Waals surface area contributed by atoms with Crippen LogP contribution in [0.2, 0.25) is 0 Å². The van der Waals surface area contributed by atoms with Crippen LogP contribution in [0.4, 0.5) is 0 Å². The number of benzene rings is 1. The molecular weight excluding hydrogens is 222 g/mol. The van der Waals surface area contributed by atoms with Gasteiger partial charge >= 0.3 is 0 Å². The average molecular weight is 247 g/mol. The molecule has 0 aromatic heterocycles. The predicted molar refractivity (Wildman–Crippen MR) is 76.0 cm³/mol. The van der Waals surface area contributed by atoms with E-state index in [4.69, 9.17) is 10.5 Å².